The summed E-state index contributed by atoms with van der Waals surface area (Å²) in [6.45, 7) is 0.952. The van der Waals surface area contributed by atoms with Gasteiger partial charge < -0.3 is 10.1 Å². The van der Waals surface area contributed by atoms with Gasteiger partial charge in [-0.1, -0.05) is 19.1 Å². The number of carbonyl (C=O) groups is 2. The van der Waals surface area contributed by atoms with E-state index in [0.29, 0.717) is 5.75 Å². The largest absolute Gasteiger partial charge is 0.452 e. The number of non-ortho nitro benzene ring substituents is 1. The molecule has 2 rings (SSSR count). The molecule has 0 saturated heterocycles. The minimum absolute atomic E-state index is 0.0620. The molecule has 27 heavy (non-hydrogen) atoms. The second kappa shape index (κ2) is 8.99. The summed E-state index contributed by atoms with van der Waals surface area (Å²) in [5.74, 6) is -2.31. The van der Waals surface area contributed by atoms with E-state index >= 15 is 0 Å². The number of esters is 1. The molecule has 0 aliphatic heterocycles. The fraction of sp³-hybridized carbons (Fsp3) is 0.176. The number of nitrogens with one attached hydrogen (secondary N) is 1. The molecule has 10 heteroatoms. The van der Waals surface area contributed by atoms with Crippen LogP contribution in [0.1, 0.15) is 17.3 Å². The number of nitrogens with zero attached hydrogens (tertiary/aromatic N) is 1. The van der Waals surface area contributed by atoms with Crippen LogP contribution >= 0.6 is 0 Å². The van der Waals surface area contributed by atoms with E-state index in [1.165, 1.54) is 12.1 Å². The zero-order valence-corrected chi connectivity index (χ0v) is 15.0. The Kier molecular flexibility index (Phi) is 6.72. The van der Waals surface area contributed by atoms with E-state index in [-0.39, 0.29) is 10.5 Å². The molecule has 8 nitrogen and oxygen atoms in total. The lowest BCUT2D eigenvalue weighted by Crippen LogP contribution is -2.22. The van der Waals surface area contributed by atoms with Crippen molar-refractivity contribution in [2.75, 3.05) is 17.7 Å². The van der Waals surface area contributed by atoms with Crippen molar-refractivity contribution in [1.82, 2.24) is 0 Å². The highest BCUT2D eigenvalue weighted by Crippen LogP contribution is 2.21. The van der Waals surface area contributed by atoms with Crippen molar-refractivity contribution in [3.63, 3.8) is 0 Å². The smallest absolute Gasteiger partial charge is 0.339 e. The molecule has 0 saturated carbocycles. The van der Waals surface area contributed by atoms with Crippen molar-refractivity contribution in [2.24, 2.45) is 0 Å². The first-order valence-electron chi connectivity index (χ1n) is 7.71. The average molecular weight is 394 g/mol. The molecule has 0 bridgehead atoms. The second-order valence-corrected chi connectivity index (χ2v) is 6.88. The van der Waals surface area contributed by atoms with E-state index < -0.39 is 51.4 Å². The molecule has 1 amide bonds. The number of ether oxygens (including phenoxy) is 1. The van der Waals surface area contributed by atoms with Crippen LogP contribution in [0, 0.1) is 15.9 Å². The Morgan fingerprint density at radius 3 is 2.63 bits per heavy atom. The first-order chi connectivity index (χ1) is 12.8. The molecular formula is C17H15FN2O6S. The number of benzene rings is 2. The molecule has 1 N–H and O–H groups in total. The van der Waals surface area contributed by atoms with Crippen molar-refractivity contribution in [3.8, 4) is 0 Å². The summed E-state index contributed by atoms with van der Waals surface area (Å²) in [4.78, 5) is 34.3. The predicted octanol–water partition coefficient (Wildman–Crippen LogP) is 2.66. The predicted molar refractivity (Wildman–Crippen MR) is 95.4 cm³/mol. The average Bonchev–Trinajstić information content (AvgIpc) is 2.67. The van der Waals surface area contributed by atoms with Crippen molar-refractivity contribution in [3.05, 3.63) is 64.0 Å². The van der Waals surface area contributed by atoms with Crippen molar-refractivity contribution in [1.29, 1.82) is 0 Å². The van der Waals surface area contributed by atoms with Gasteiger partial charge in [-0.3, -0.25) is 19.1 Å². The van der Waals surface area contributed by atoms with Crippen LogP contribution in [0.4, 0.5) is 15.8 Å². The number of anilines is 1. The third-order valence-corrected chi connectivity index (χ3v) is 4.75. The van der Waals surface area contributed by atoms with Crippen LogP contribution in [-0.2, 0) is 20.3 Å². The molecule has 142 valence electrons. The van der Waals surface area contributed by atoms with Gasteiger partial charge in [-0.15, -0.1) is 0 Å². The van der Waals surface area contributed by atoms with Crippen LogP contribution in [0.3, 0.4) is 0 Å². The second-order valence-electron chi connectivity index (χ2n) is 5.18. The number of halogens is 1. The molecule has 0 unspecified atom stereocenters. The minimum Gasteiger partial charge on any atom is -0.452 e. The molecule has 0 aromatic heterocycles. The highest BCUT2D eigenvalue weighted by Gasteiger charge is 2.18. The zero-order chi connectivity index (χ0) is 20.0. The number of amides is 1. The number of nitro benzene ring substituents is 1. The molecule has 0 spiro atoms. The quantitative estimate of drug-likeness (QED) is 0.438. The highest BCUT2D eigenvalue weighted by atomic mass is 32.2. The maximum absolute atomic E-state index is 13.7. The van der Waals surface area contributed by atoms with Gasteiger partial charge >= 0.3 is 5.97 Å². The fourth-order valence-electron chi connectivity index (χ4n) is 2.11. The number of carbonyl (C=O) groups excluding carboxylic acids is 2. The van der Waals surface area contributed by atoms with Gasteiger partial charge in [0.2, 0.25) is 0 Å². The Hall–Kier alpha value is -3.14. The molecule has 0 aliphatic rings. The van der Waals surface area contributed by atoms with Gasteiger partial charge in [0, 0.05) is 17.9 Å². The van der Waals surface area contributed by atoms with Crippen LogP contribution in [0.2, 0.25) is 0 Å². The van der Waals surface area contributed by atoms with Gasteiger partial charge in [-0.2, -0.15) is 0 Å². The third-order valence-electron chi connectivity index (χ3n) is 3.38. The van der Waals surface area contributed by atoms with E-state index in [1.807, 2.05) is 0 Å². The number of nitro groups is 1. The third kappa shape index (κ3) is 5.17. The van der Waals surface area contributed by atoms with Crippen molar-refractivity contribution in [2.45, 2.75) is 11.8 Å². The normalized spacial score (nSPS) is 11.5. The lowest BCUT2D eigenvalue weighted by Gasteiger charge is -2.09. The maximum Gasteiger partial charge on any atom is 0.339 e. The Morgan fingerprint density at radius 1 is 1.26 bits per heavy atom. The number of rotatable bonds is 7. The van der Waals surface area contributed by atoms with Crippen molar-refractivity contribution < 1.29 is 27.8 Å². The van der Waals surface area contributed by atoms with Gasteiger partial charge in [0.15, 0.2) is 6.61 Å². The van der Waals surface area contributed by atoms with Gasteiger partial charge in [0.1, 0.15) is 5.82 Å². The molecule has 0 aliphatic carbocycles. The summed E-state index contributed by atoms with van der Waals surface area (Å²) in [5, 5.41) is 12.8. The SMILES string of the molecule is CC[S@](=O)c1ccccc1C(=O)OCC(=O)Nc1cc([N+](=O)[O-])ccc1F. The summed E-state index contributed by atoms with van der Waals surface area (Å²) in [6.07, 6.45) is 0. The molecule has 0 fully saturated rings. The molecule has 0 radical (unpaired) electrons. The van der Waals surface area contributed by atoms with Crippen LogP contribution in [0.15, 0.2) is 47.4 Å². The van der Waals surface area contributed by atoms with Crippen LogP contribution in [0.5, 0.6) is 0 Å². The van der Waals surface area contributed by atoms with E-state index in [4.69, 9.17) is 4.74 Å². The van der Waals surface area contributed by atoms with Crippen LogP contribution in [-0.4, -0.2) is 33.4 Å². The van der Waals surface area contributed by atoms with Gasteiger partial charge in [0.25, 0.3) is 11.6 Å². The Balaban J connectivity index is 2.04. The molecule has 0 heterocycles. The zero-order valence-electron chi connectivity index (χ0n) is 14.1. The van der Waals surface area contributed by atoms with E-state index in [1.54, 1.807) is 19.1 Å². The summed E-state index contributed by atoms with van der Waals surface area (Å²) in [7, 11) is -1.39. The van der Waals surface area contributed by atoms with Crippen LogP contribution in [0.25, 0.3) is 0 Å². The number of hydrogen-bond donors (Lipinski definition) is 1. The summed E-state index contributed by atoms with van der Waals surface area (Å²) in [6, 6.07) is 8.78. The first kappa shape index (κ1) is 20.2. The fourth-order valence-corrected chi connectivity index (χ4v) is 3.05. The molecular weight excluding hydrogens is 379 g/mol. The molecule has 2 aromatic carbocycles. The Bertz CT molecular complexity index is 918. The Labute approximate surface area is 155 Å². The van der Waals surface area contributed by atoms with Gasteiger partial charge in [-0.25, -0.2) is 9.18 Å². The minimum atomic E-state index is -1.39. The van der Waals surface area contributed by atoms with E-state index in [9.17, 15) is 28.3 Å². The lowest BCUT2D eigenvalue weighted by atomic mass is 10.2. The monoisotopic (exact) mass is 394 g/mol. The summed E-state index contributed by atoms with van der Waals surface area (Å²) in [5.41, 5.74) is -0.746. The summed E-state index contributed by atoms with van der Waals surface area (Å²) >= 11 is 0. The first-order valence-corrected chi connectivity index (χ1v) is 9.03. The number of hydrogen-bond acceptors (Lipinski definition) is 6. The van der Waals surface area contributed by atoms with Gasteiger partial charge in [0.05, 0.1) is 31.9 Å². The highest BCUT2D eigenvalue weighted by molar-refractivity contribution is 7.85. The van der Waals surface area contributed by atoms with Crippen LogP contribution < -0.4 is 5.32 Å². The van der Waals surface area contributed by atoms with Crippen molar-refractivity contribution >= 4 is 34.1 Å². The molecule has 2 aromatic rings. The maximum atomic E-state index is 13.7. The van der Waals surface area contributed by atoms with Gasteiger partial charge in [-0.05, 0) is 18.2 Å². The standard InChI is InChI=1S/C17H15FN2O6S/c1-2-27(25)15-6-4-3-5-12(15)17(22)26-10-16(21)19-14-9-11(20(23)24)7-8-13(14)18/h3-9H,2,10H2,1H3,(H,19,21)/t27-/m0/s1. The van der Waals surface area contributed by atoms with E-state index in [0.717, 1.165) is 18.2 Å². The lowest BCUT2D eigenvalue weighted by molar-refractivity contribution is -0.384. The molecule has 1 atom stereocenters. The Morgan fingerprint density at radius 2 is 1.96 bits per heavy atom. The topological polar surface area (TPSA) is 116 Å². The summed E-state index contributed by atoms with van der Waals surface area (Å²) < 4.78 is 30.5. The van der Waals surface area contributed by atoms with E-state index in [2.05, 4.69) is 5.32 Å².